The Balaban J connectivity index is 1.90. The van der Waals surface area contributed by atoms with E-state index in [0.717, 1.165) is 31.0 Å². The van der Waals surface area contributed by atoms with Crippen LogP contribution in [0.2, 0.25) is 0 Å². The molecule has 2 rings (SSSR count). The fraction of sp³-hybridized carbons (Fsp3) is 0.583. The van der Waals surface area contributed by atoms with Gasteiger partial charge < -0.3 is 20.0 Å². The number of amides is 2. The number of nitrogens with one attached hydrogen (secondary N) is 2. The lowest BCUT2D eigenvalue weighted by Crippen LogP contribution is -2.30. The molecule has 94 valence electrons. The summed E-state index contributed by atoms with van der Waals surface area (Å²) in [5.41, 5.74) is 0. The zero-order valence-corrected chi connectivity index (χ0v) is 10.3. The maximum atomic E-state index is 11.7. The quantitative estimate of drug-likeness (QED) is 0.758. The Hall–Kier alpha value is -1.49. The fourth-order valence-corrected chi connectivity index (χ4v) is 2.03. The number of rotatable bonds is 5. The third-order valence-electron chi connectivity index (χ3n) is 2.95. The van der Waals surface area contributed by atoms with Crippen molar-refractivity contribution < 1.29 is 9.21 Å². The molecule has 2 amide bonds. The van der Waals surface area contributed by atoms with Crippen molar-refractivity contribution in [1.29, 1.82) is 0 Å². The first-order valence-electron chi connectivity index (χ1n) is 5.97. The van der Waals surface area contributed by atoms with Crippen LogP contribution < -0.4 is 10.6 Å². The zero-order valence-electron chi connectivity index (χ0n) is 10.3. The molecule has 0 saturated carbocycles. The van der Waals surface area contributed by atoms with Gasteiger partial charge in [0.05, 0.1) is 0 Å². The van der Waals surface area contributed by atoms with Crippen molar-refractivity contribution in [2.24, 2.45) is 0 Å². The molecule has 1 aliphatic rings. The van der Waals surface area contributed by atoms with Gasteiger partial charge in [0.1, 0.15) is 17.6 Å². The molecule has 2 N–H and O–H groups in total. The maximum absolute atomic E-state index is 11.7. The predicted molar refractivity (Wildman–Crippen MR) is 64.8 cm³/mol. The van der Waals surface area contributed by atoms with Crippen molar-refractivity contribution in [2.45, 2.75) is 19.4 Å². The maximum Gasteiger partial charge on any atom is 0.318 e. The highest BCUT2D eigenvalue weighted by atomic mass is 16.3. The van der Waals surface area contributed by atoms with Gasteiger partial charge in [-0.05, 0) is 39.1 Å². The number of hydrogen-bond donors (Lipinski definition) is 2. The Morgan fingerprint density at radius 2 is 2.41 bits per heavy atom. The van der Waals surface area contributed by atoms with Gasteiger partial charge in [-0.15, -0.1) is 0 Å². The number of carbonyl (C=O) groups is 1. The smallest absolute Gasteiger partial charge is 0.318 e. The molecule has 5 nitrogen and oxygen atoms in total. The third-order valence-corrected chi connectivity index (χ3v) is 2.95. The van der Waals surface area contributed by atoms with Gasteiger partial charge in [0.25, 0.3) is 0 Å². The second-order valence-electron chi connectivity index (χ2n) is 4.35. The van der Waals surface area contributed by atoms with Gasteiger partial charge in [0.2, 0.25) is 0 Å². The van der Waals surface area contributed by atoms with E-state index in [1.54, 1.807) is 0 Å². The molecule has 0 spiro atoms. The number of urea groups is 1. The molecule has 1 fully saturated rings. The molecule has 1 aromatic rings. The summed E-state index contributed by atoms with van der Waals surface area (Å²) in [4.78, 5) is 13.5. The SMILES string of the molecule is CNCCCN1CC(c2ccc(C)o2)NC1=O. The largest absolute Gasteiger partial charge is 0.464 e. The molecule has 17 heavy (non-hydrogen) atoms. The molecular weight excluding hydrogens is 218 g/mol. The van der Waals surface area contributed by atoms with Crippen LogP contribution in [-0.2, 0) is 0 Å². The van der Waals surface area contributed by atoms with Gasteiger partial charge in [0, 0.05) is 13.1 Å². The van der Waals surface area contributed by atoms with Gasteiger partial charge >= 0.3 is 6.03 Å². The van der Waals surface area contributed by atoms with E-state index in [9.17, 15) is 4.79 Å². The van der Waals surface area contributed by atoms with E-state index in [1.165, 1.54) is 0 Å². The lowest BCUT2D eigenvalue weighted by atomic mass is 10.2. The Morgan fingerprint density at radius 3 is 3.06 bits per heavy atom. The van der Waals surface area contributed by atoms with Crippen LogP contribution in [0.3, 0.4) is 0 Å². The van der Waals surface area contributed by atoms with Crippen molar-refractivity contribution in [2.75, 3.05) is 26.7 Å². The van der Waals surface area contributed by atoms with Crippen LogP contribution in [0.5, 0.6) is 0 Å². The second-order valence-corrected chi connectivity index (χ2v) is 4.35. The van der Waals surface area contributed by atoms with Crippen LogP contribution in [0, 0.1) is 6.92 Å². The summed E-state index contributed by atoms with van der Waals surface area (Å²) in [6.45, 7) is 4.30. The summed E-state index contributed by atoms with van der Waals surface area (Å²) in [6, 6.07) is 3.84. The van der Waals surface area contributed by atoms with E-state index in [4.69, 9.17) is 4.42 Å². The van der Waals surface area contributed by atoms with Crippen LogP contribution in [-0.4, -0.2) is 37.6 Å². The number of hydrogen-bond acceptors (Lipinski definition) is 3. The molecule has 0 radical (unpaired) electrons. The fourth-order valence-electron chi connectivity index (χ4n) is 2.03. The van der Waals surface area contributed by atoms with E-state index in [-0.39, 0.29) is 12.1 Å². The van der Waals surface area contributed by atoms with Crippen LogP contribution in [0.4, 0.5) is 4.79 Å². The van der Waals surface area contributed by atoms with Crippen molar-refractivity contribution in [3.8, 4) is 0 Å². The predicted octanol–water partition coefficient (Wildman–Crippen LogP) is 1.26. The molecule has 5 heteroatoms. The first-order chi connectivity index (χ1) is 8.20. The Morgan fingerprint density at radius 1 is 1.59 bits per heavy atom. The molecule has 1 aromatic heterocycles. The summed E-state index contributed by atoms with van der Waals surface area (Å²) in [7, 11) is 1.92. The standard InChI is InChI=1S/C12H19N3O2/c1-9-4-5-11(17-9)10-8-15(12(16)14-10)7-3-6-13-2/h4-5,10,13H,3,6-8H2,1-2H3,(H,14,16). The van der Waals surface area contributed by atoms with Gasteiger partial charge in [-0.3, -0.25) is 0 Å². The molecule has 1 saturated heterocycles. The number of furan rings is 1. The highest BCUT2D eigenvalue weighted by Gasteiger charge is 2.30. The molecule has 1 atom stereocenters. The van der Waals surface area contributed by atoms with E-state index in [0.29, 0.717) is 6.54 Å². The normalized spacial score (nSPS) is 19.8. The topological polar surface area (TPSA) is 57.5 Å². The van der Waals surface area contributed by atoms with Gasteiger partial charge in [0.15, 0.2) is 0 Å². The Labute approximate surface area is 101 Å². The first-order valence-corrected chi connectivity index (χ1v) is 5.97. The van der Waals surface area contributed by atoms with E-state index >= 15 is 0 Å². The van der Waals surface area contributed by atoms with Crippen LogP contribution in [0.1, 0.15) is 24.0 Å². The van der Waals surface area contributed by atoms with Gasteiger partial charge in [-0.1, -0.05) is 0 Å². The van der Waals surface area contributed by atoms with Crippen LogP contribution in [0.25, 0.3) is 0 Å². The molecule has 0 aromatic carbocycles. The van der Waals surface area contributed by atoms with Crippen LogP contribution >= 0.6 is 0 Å². The average molecular weight is 237 g/mol. The lowest BCUT2D eigenvalue weighted by molar-refractivity contribution is 0.217. The minimum atomic E-state index is -0.00853. The summed E-state index contributed by atoms with van der Waals surface area (Å²) >= 11 is 0. The van der Waals surface area contributed by atoms with Gasteiger partial charge in [-0.2, -0.15) is 0 Å². The van der Waals surface area contributed by atoms with Crippen molar-refractivity contribution >= 4 is 6.03 Å². The molecule has 0 bridgehead atoms. The summed E-state index contributed by atoms with van der Waals surface area (Å²) in [6.07, 6.45) is 0.966. The highest BCUT2D eigenvalue weighted by molar-refractivity contribution is 5.77. The van der Waals surface area contributed by atoms with Crippen molar-refractivity contribution in [3.63, 3.8) is 0 Å². The number of carbonyl (C=O) groups excluding carboxylic acids is 1. The molecular formula is C12H19N3O2. The Bertz CT molecular complexity index is 389. The highest BCUT2D eigenvalue weighted by Crippen LogP contribution is 2.22. The first kappa shape index (κ1) is 12.0. The molecule has 0 aliphatic carbocycles. The van der Waals surface area contributed by atoms with E-state index in [1.807, 2.05) is 31.0 Å². The number of nitrogens with zero attached hydrogens (tertiary/aromatic N) is 1. The minimum absolute atomic E-state index is 0.000145. The zero-order chi connectivity index (χ0) is 12.3. The van der Waals surface area contributed by atoms with E-state index < -0.39 is 0 Å². The second kappa shape index (κ2) is 5.23. The van der Waals surface area contributed by atoms with Crippen LogP contribution in [0.15, 0.2) is 16.5 Å². The van der Waals surface area contributed by atoms with Crippen molar-refractivity contribution in [1.82, 2.24) is 15.5 Å². The summed E-state index contributed by atoms with van der Waals surface area (Å²) < 4.78 is 5.54. The number of aryl methyl sites for hydroxylation is 1. The third kappa shape index (κ3) is 2.79. The summed E-state index contributed by atoms with van der Waals surface area (Å²) in [5.74, 6) is 1.72. The van der Waals surface area contributed by atoms with Gasteiger partial charge in [-0.25, -0.2) is 4.79 Å². The average Bonchev–Trinajstić information content (AvgIpc) is 2.86. The molecule has 1 aliphatic heterocycles. The molecule has 1 unspecified atom stereocenters. The molecule has 2 heterocycles. The van der Waals surface area contributed by atoms with E-state index in [2.05, 4.69) is 10.6 Å². The lowest BCUT2D eigenvalue weighted by Gasteiger charge is -2.13. The summed E-state index contributed by atoms with van der Waals surface area (Å²) in [5, 5.41) is 6.01. The minimum Gasteiger partial charge on any atom is -0.464 e. The Kier molecular flexibility index (Phi) is 3.68. The van der Waals surface area contributed by atoms with Crippen molar-refractivity contribution in [3.05, 3.63) is 23.7 Å². The monoisotopic (exact) mass is 237 g/mol.